The van der Waals surface area contributed by atoms with Gasteiger partial charge < -0.3 is 10.2 Å². The number of anilines is 2. The number of carbonyl (C=O) groups is 1. The number of pyridine rings is 1. The number of benzene rings is 1. The van der Waals surface area contributed by atoms with E-state index in [2.05, 4.69) is 31.5 Å². The molecule has 1 amide bonds. The average Bonchev–Trinajstić information content (AvgIpc) is 2.97. The third kappa shape index (κ3) is 4.06. The van der Waals surface area contributed by atoms with Crippen LogP contribution in [-0.2, 0) is 0 Å². The highest BCUT2D eigenvalue weighted by Crippen LogP contribution is 2.23. The minimum Gasteiger partial charge on any atom is -0.355 e. The maximum atomic E-state index is 12.9. The summed E-state index contributed by atoms with van der Waals surface area (Å²) < 4.78 is 1.81. The van der Waals surface area contributed by atoms with Crippen molar-refractivity contribution in [1.82, 2.24) is 19.6 Å². The van der Waals surface area contributed by atoms with Crippen molar-refractivity contribution < 1.29 is 4.79 Å². The molecule has 1 fully saturated rings. The van der Waals surface area contributed by atoms with Crippen molar-refractivity contribution in [1.29, 1.82) is 0 Å². The second-order valence-corrected chi connectivity index (χ2v) is 8.18. The van der Waals surface area contributed by atoms with Crippen LogP contribution < -0.4 is 10.2 Å². The molecule has 32 heavy (non-hydrogen) atoms. The standard InChI is InChI=1S/C25H26N6O/c1-18-24(31-17-7-4-8-22(31)26-18)25(32)27-20-11-9-19(10-12-20)21-13-14-23(29-28-21)30-15-5-2-3-6-16-30/h4,7-14,17H,2-3,5-6,15-16H2,1H3,(H,27,32). The van der Waals surface area contributed by atoms with E-state index in [0.717, 1.165) is 41.5 Å². The van der Waals surface area contributed by atoms with Crippen LogP contribution in [-0.4, -0.2) is 38.6 Å². The number of hydrogen-bond donors (Lipinski definition) is 1. The third-order valence-corrected chi connectivity index (χ3v) is 5.94. The molecule has 3 aromatic heterocycles. The van der Waals surface area contributed by atoms with Crippen molar-refractivity contribution in [2.24, 2.45) is 0 Å². The quantitative estimate of drug-likeness (QED) is 0.510. The van der Waals surface area contributed by atoms with E-state index in [1.165, 1.54) is 25.7 Å². The molecule has 1 saturated heterocycles. The SMILES string of the molecule is Cc1nc2ccccn2c1C(=O)Nc1ccc(-c2ccc(N3CCCCCC3)nn2)cc1. The van der Waals surface area contributed by atoms with Crippen LogP contribution >= 0.6 is 0 Å². The van der Waals surface area contributed by atoms with Crippen LogP contribution in [0.3, 0.4) is 0 Å². The highest BCUT2D eigenvalue weighted by atomic mass is 16.2. The van der Waals surface area contributed by atoms with Crippen LogP contribution in [0.5, 0.6) is 0 Å². The lowest BCUT2D eigenvalue weighted by molar-refractivity contribution is 0.102. The van der Waals surface area contributed by atoms with E-state index in [9.17, 15) is 4.79 Å². The van der Waals surface area contributed by atoms with Crippen LogP contribution in [0, 0.1) is 6.92 Å². The zero-order valence-electron chi connectivity index (χ0n) is 18.2. The van der Waals surface area contributed by atoms with E-state index in [1.54, 1.807) is 4.40 Å². The summed E-state index contributed by atoms with van der Waals surface area (Å²) in [6.45, 7) is 3.95. The predicted octanol–water partition coefficient (Wildman–Crippen LogP) is 4.73. The minimum absolute atomic E-state index is 0.185. The Morgan fingerprint density at radius 2 is 1.69 bits per heavy atom. The zero-order chi connectivity index (χ0) is 21.9. The molecule has 162 valence electrons. The van der Waals surface area contributed by atoms with Crippen LogP contribution in [0.15, 0.2) is 60.8 Å². The van der Waals surface area contributed by atoms with Crippen molar-refractivity contribution >= 4 is 23.1 Å². The number of imidazole rings is 1. The van der Waals surface area contributed by atoms with Gasteiger partial charge in [-0.15, -0.1) is 10.2 Å². The van der Waals surface area contributed by atoms with Crippen molar-refractivity contribution in [3.05, 3.63) is 72.2 Å². The molecule has 0 radical (unpaired) electrons. The van der Waals surface area contributed by atoms with Crippen LogP contribution in [0.4, 0.5) is 11.5 Å². The maximum absolute atomic E-state index is 12.9. The van der Waals surface area contributed by atoms with E-state index in [-0.39, 0.29) is 5.91 Å². The first-order chi connectivity index (χ1) is 15.7. The summed E-state index contributed by atoms with van der Waals surface area (Å²) in [6, 6.07) is 17.4. The van der Waals surface area contributed by atoms with Crippen LogP contribution in [0.25, 0.3) is 16.9 Å². The molecule has 7 nitrogen and oxygen atoms in total. The number of aryl methyl sites for hydroxylation is 1. The lowest BCUT2D eigenvalue weighted by Crippen LogP contribution is -2.25. The van der Waals surface area contributed by atoms with Gasteiger partial charge in [0.25, 0.3) is 5.91 Å². The highest BCUT2D eigenvalue weighted by molar-refractivity contribution is 6.04. The second-order valence-electron chi connectivity index (χ2n) is 8.18. The molecule has 4 heterocycles. The first-order valence-electron chi connectivity index (χ1n) is 11.1. The molecule has 4 aromatic rings. The number of aromatic nitrogens is 4. The molecule has 0 spiro atoms. The molecule has 0 atom stereocenters. The van der Waals surface area contributed by atoms with E-state index in [4.69, 9.17) is 0 Å². The van der Waals surface area contributed by atoms with E-state index in [0.29, 0.717) is 11.4 Å². The summed E-state index contributed by atoms with van der Waals surface area (Å²) in [4.78, 5) is 19.7. The Morgan fingerprint density at radius 3 is 2.41 bits per heavy atom. The Bertz CT molecular complexity index is 1220. The molecular weight excluding hydrogens is 400 g/mol. The van der Waals surface area contributed by atoms with Gasteiger partial charge >= 0.3 is 0 Å². The van der Waals surface area contributed by atoms with E-state index >= 15 is 0 Å². The minimum atomic E-state index is -0.185. The number of nitrogens with one attached hydrogen (secondary N) is 1. The fraction of sp³-hybridized carbons (Fsp3) is 0.280. The Labute approximate surface area is 187 Å². The van der Waals surface area contributed by atoms with Gasteiger partial charge in [-0.2, -0.15) is 0 Å². The lowest BCUT2D eigenvalue weighted by Gasteiger charge is -2.20. The van der Waals surface area contributed by atoms with Gasteiger partial charge in [0.2, 0.25) is 0 Å². The summed E-state index contributed by atoms with van der Waals surface area (Å²) in [6.07, 6.45) is 6.86. The molecular formula is C25H26N6O. The molecule has 1 aliphatic heterocycles. The Morgan fingerprint density at radius 1 is 0.906 bits per heavy atom. The monoisotopic (exact) mass is 426 g/mol. The van der Waals surface area contributed by atoms with Crippen LogP contribution in [0.1, 0.15) is 41.9 Å². The first-order valence-corrected chi connectivity index (χ1v) is 11.1. The Balaban J connectivity index is 1.30. The van der Waals surface area contributed by atoms with Gasteiger partial charge in [0, 0.05) is 30.5 Å². The predicted molar refractivity (Wildman–Crippen MR) is 126 cm³/mol. The number of hydrogen-bond acceptors (Lipinski definition) is 5. The average molecular weight is 427 g/mol. The van der Waals surface area contributed by atoms with E-state index < -0.39 is 0 Å². The molecule has 0 unspecified atom stereocenters. The first kappa shape index (κ1) is 20.2. The molecule has 0 saturated carbocycles. The molecule has 5 rings (SSSR count). The normalized spacial score (nSPS) is 14.3. The number of nitrogens with zero attached hydrogens (tertiary/aromatic N) is 5. The summed E-state index contributed by atoms with van der Waals surface area (Å²) in [7, 11) is 0. The van der Waals surface area contributed by atoms with Crippen molar-refractivity contribution in [3.63, 3.8) is 0 Å². The van der Waals surface area contributed by atoms with Gasteiger partial charge in [-0.3, -0.25) is 9.20 Å². The number of rotatable bonds is 4. The Hall–Kier alpha value is -3.74. The fourth-order valence-corrected chi connectivity index (χ4v) is 4.25. The molecule has 0 aliphatic carbocycles. The maximum Gasteiger partial charge on any atom is 0.274 e. The summed E-state index contributed by atoms with van der Waals surface area (Å²) in [5.74, 6) is 0.762. The van der Waals surface area contributed by atoms with Gasteiger partial charge in [-0.05, 0) is 56.2 Å². The zero-order valence-corrected chi connectivity index (χ0v) is 18.2. The third-order valence-electron chi connectivity index (χ3n) is 5.94. The van der Waals surface area contributed by atoms with Gasteiger partial charge in [0.15, 0.2) is 5.82 Å². The fourth-order valence-electron chi connectivity index (χ4n) is 4.25. The van der Waals surface area contributed by atoms with Gasteiger partial charge in [-0.25, -0.2) is 4.98 Å². The summed E-state index contributed by atoms with van der Waals surface area (Å²) in [5, 5.41) is 11.9. The van der Waals surface area contributed by atoms with Gasteiger partial charge in [0.1, 0.15) is 11.3 Å². The number of amides is 1. The van der Waals surface area contributed by atoms with Crippen molar-refractivity contribution in [2.45, 2.75) is 32.6 Å². The van der Waals surface area contributed by atoms with Crippen molar-refractivity contribution in [2.75, 3.05) is 23.3 Å². The molecule has 1 aromatic carbocycles. The molecule has 1 aliphatic rings. The summed E-state index contributed by atoms with van der Waals surface area (Å²) >= 11 is 0. The highest BCUT2D eigenvalue weighted by Gasteiger charge is 2.17. The molecule has 1 N–H and O–H groups in total. The molecule has 7 heteroatoms. The van der Waals surface area contributed by atoms with E-state index in [1.807, 2.05) is 61.7 Å². The summed E-state index contributed by atoms with van der Waals surface area (Å²) in [5.41, 5.74) is 4.50. The van der Waals surface area contributed by atoms with Gasteiger partial charge in [0.05, 0.1) is 11.4 Å². The Kier molecular flexibility index (Phi) is 5.54. The lowest BCUT2D eigenvalue weighted by atomic mass is 10.1. The number of fused-ring (bicyclic) bond motifs is 1. The topological polar surface area (TPSA) is 75.4 Å². The number of carbonyl (C=O) groups excluding carboxylic acids is 1. The second kappa shape index (κ2) is 8.78. The molecule has 0 bridgehead atoms. The largest absolute Gasteiger partial charge is 0.355 e. The van der Waals surface area contributed by atoms with Crippen molar-refractivity contribution in [3.8, 4) is 11.3 Å². The smallest absolute Gasteiger partial charge is 0.274 e. The van der Waals surface area contributed by atoms with Crippen LogP contribution in [0.2, 0.25) is 0 Å². The van der Waals surface area contributed by atoms with Gasteiger partial charge in [-0.1, -0.05) is 31.0 Å².